The molecule has 0 amide bonds. The van der Waals surface area contributed by atoms with Crippen molar-refractivity contribution in [2.45, 2.75) is 31.7 Å². The minimum absolute atomic E-state index is 0.211. The molecule has 3 N–H and O–H groups in total. The van der Waals surface area contributed by atoms with Gasteiger partial charge >= 0.3 is 0 Å². The van der Waals surface area contributed by atoms with E-state index in [1.54, 1.807) is 4.88 Å². The summed E-state index contributed by atoms with van der Waals surface area (Å²) in [4.78, 5) is 6.96. The highest BCUT2D eigenvalue weighted by Crippen LogP contribution is 2.34. The first kappa shape index (κ1) is 11.8. The number of nitrogens with zero attached hydrogens (tertiary/aromatic N) is 1. The zero-order chi connectivity index (χ0) is 12.4. The van der Waals surface area contributed by atoms with Crippen LogP contribution in [0.1, 0.15) is 33.3 Å². The molecule has 1 aliphatic rings. The fourth-order valence-electron chi connectivity index (χ4n) is 2.52. The van der Waals surface area contributed by atoms with Crippen molar-refractivity contribution in [3.63, 3.8) is 0 Å². The Morgan fingerprint density at radius 3 is 2.89 bits per heavy atom. The fourth-order valence-corrected chi connectivity index (χ4v) is 3.84. The molecule has 1 aliphatic carbocycles. The van der Waals surface area contributed by atoms with Crippen molar-refractivity contribution in [1.29, 1.82) is 0 Å². The van der Waals surface area contributed by atoms with Crippen LogP contribution in [0.5, 0.6) is 0 Å². The summed E-state index contributed by atoms with van der Waals surface area (Å²) in [6, 6.07) is 6.64. The Bertz CT molecular complexity index is 500. The molecule has 1 unspecified atom stereocenters. The van der Waals surface area contributed by atoms with Gasteiger partial charge < -0.3 is 0 Å². The molecule has 0 bridgehead atoms. The van der Waals surface area contributed by atoms with E-state index in [-0.39, 0.29) is 6.04 Å². The number of fused-ring (bicyclic) bond motifs is 1. The van der Waals surface area contributed by atoms with E-state index in [9.17, 15) is 0 Å². The van der Waals surface area contributed by atoms with Crippen LogP contribution in [0.25, 0.3) is 0 Å². The normalized spacial score (nSPS) is 15.6. The minimum atomic E-state index is 0.211. The molecule has 0 spiro atoms. The predicted octanol–water partition coefficient (Wildman–Crippen LogP) is 2.38. The van der Waals surface area contributed by atoms with Gasteiger partial charge in [0.25, 0.3) is 0 Å². The Morgan fingerprint density at radius 1 is 1.33 bits per heavy atom. The lowest BCUT2D eigenvalue weighted by atomic mass is 10.1. The number of nitrogens with two attached hydrogens (primary N) is 1. The van der Waals surface area contributed by atoms with E-state index in [1.165, 1.54) is 35.3 Å². The zero-order valence-electron chi connectivity index (χ0n) is 10.2. The smallest absolute Gasteiger partial charge is 0.0593 e. The Balaban J connectivity index is 1.79. The second-order valence-corrected chi connectivity index (χ2v) is 5.90. The summed E-state index contributed by atoms with van der Waals surface area (Å²) in [5.74, 6) is 5.71. The van der Waals surface area contributed by atoms with Gasteiger partial charge in [-0.2, -0.15) is 0 Å². The van der Waals surface area contributed by atoms with Crippen LogP contribution in [0, 0.1) is 0 Å². The summed E-state index contributed by atoms with van der Waals surface area (Å²) in [5.41, 5.74) is 5.74. The van der Waals surface area contributed by atoms with Gasteiger partial charge in [0.1, 0.15) is 0 Å². The first-order chi connectivity index (χ1) is 8.86. The molecule has 0 fully saturated rings. The Kier molecular flexibility index (Phi) is 3.41. The fraction of sp³-hybridized carbons (Fsp3) is 0.357. The SMILES string of the molecule is NNC(Cc1ccncc1)c1cc2c(s1)CCC2. The van der Waals surface area contributed by atoms with Crippen LogP contribution >= 0.6 is 11.3 Å². The molecule has 2 aromatic rings. The van der Waals surface area contributed by atoms with E-state index in [0.29, 0.717) is 0 Å². The molecular formula is C14H17N3S. The molecule has 18 heavy (non-hydrogen) atoms. The van der Waals surface area contributed by atoms with Gasteiger partial charge in [-0.25, -0.2) is 0 Å². The van der Waals surface area contributed by atoms with E-state index < -0.39 is 0 Å². The third kappa shape index (κ3) is 2.32. The van der Waals surface area contributed by atoms with E-state index in [1.807, 2.05) is 35.9 Å². The summed E-state index contributed by atoms with van der Waals surface area (Å²) in [6.07, 6.45) is 8.37. The number of aromatic nitrogens is 1. The van der Waals surface area contributed by atoms with Crippen molar-refractivity contribution in [3.05, 3.63) is 51.5 Å². The molecule has 0 radical (unpaired) electrons. The van der Waals surface area contributed by atoms with E-state index in [2.05, 4.69) is 16.5 Å². The van der Waals surface area contributed by atoms with Gasteiger partial charge in [0.2, 0.25) is 0 Å². The second-order valence-electron chi connectivity index (χ2n) is 4.73. The lowest BCUT2D eigenvalue weighted by Crippen LogP contribution is -2.29. The number of rotatable bonds is 4. The highest BCUT2D eigenvalue weighted by molar-refractivity contribution is 7.12. The molecule has 1 atom stereocenters. The molecule has 3 rings (SSSR count). The molecule has 0 aromatic carbocycles. The third-order valence-electron chi connectivity index (χ3n) is 3.50. The Morgan fingerprint density at radius 2 is 2.17 bits per heavy atom. The monoisotopic (exact) mass is 259 g/mol. The molecule has 3 nitrogen and oxygen atoms in total. The number of hydrazine groups is 1. The number of hydrogen-bond donors (Lipinski definition) is 2. The van der Waals surface area contributed by atoms with E-state index >= 15 is 0 Å². The predicted molar refractivity (Wildman–Crippen MR) is 74.3 cm³/mol. The van der Waals surface area contributed by atoms with Crippen LogP contribution in [-0.2, 0) is 19.3 Å². The van der Waals surface area contributed by atoms with Crippen LogP contribution in [-0.4, -0.2) is 4.98 Å². The van der Waals surface area contributed by atoms with Gasteiger partial charge in [0, 0.05) is 22.1 Å². The lowest BCUT2D eigenvalue weighted by Gasteiger charge is -2.14. The van der Waals surface area contributed by atoms with Gasteiger partial charge in [-0.15, -0.1) is 11.3 Å². The quantitative estimate of drug-likeness (QED) is 0.655. The summed E-state index contributed by atoms with van der Waals surface area (Å²) in [6.45, 7) is 0. The first-order valence-corrected chi connectivity index (χ1v) is 7.15. The van der Waals surface area contributed by atoms with Crippen LogP contribution < -0.4 is 11.3 Å². The number of nitrogens with one attached hydrogen (secondary N) is 1. The number of aryl methyl sites for hydroxylation is 2. The van der Waals surface area contributed by atoms with Crippen molar-refractivity contribution >= 4 is 11.3 Å². The van der Waals surface area contributed by atoms with Crippen LogP contribution in [0.4, 0.5) is 0 Å². The van der Waals surface area contributed by atoms with Crippen LogP contribution in [0.2, 0.25) is 0 Å². The average Bonchev–Trinajstić information content (AvgIpc) is 2.98. The molecule has 2 heterocycles. The number of hydrogen-bond acceptors (Lipinski definition) is 4. The van der Waals surface area contributed by atoms with Crippen molar-refractivity contribution in [1.82, 2.24) is 10.4 Å². The Hall–Kier alpha value is -1.23. The standard InChI is InChI=1S/C14H17N3S/c15-17-12(8-10-4-6-16-7-5-10)14-9-11-2-1-3-13(11)18-14/h4-7,9,12,17H,1-3,8,15H2. The van der Waals surface area contributed by atoms with Crippen molar-refractivity contribution < 1.29 is 0 Å². The largest absolute Gasteiger partial charge is 0.271 e. The van der Waals surface area contributed by atoms with Gasteiger partial charge in [0.05, 0.1) is 6.04 Å². The molecule has 4 heteroatoms. The Labute approximate surface area is 111 Å². The maximum atomic E-state index is 5.71. The summed E-state index contributed by atoms with van der Waals surface area (Å²) in [7, 11) is 0. The highest BCUT2D eigenvalue weighted by atomic mass is 32.1. The minimum Gasteiger partial charge on any atom is -0.271 e. The maximum absolute atomic E-state index is 5.71. The molecule has 0 aliphatic heterocycles. The van der Waals surface area contributed by atoms with Crippen molar-refractivity contribution in [2.75, 3.05) is 0 Å². The molecule has 94 valence electrons. The zero-order valence-corrected chi connectivity index (χ0v) is 11.0. The van der Waals surface area contributed by atoms with Gasteiger partial charge in [0.15, 0.2) is 0 Å². The second kappa shape index (κ2) is 5.18. The van der Waals surface area contributed by atoms with E-state index in [0.717, 1.165) is 6.42 Å². The van der Waals surface area contributed by atoms with Crippen molar-refractivity contribution in [3.8, 4) is 0 Å². The number of thiophene rings is 1. The van der Waals surface area contributed by atoms with Gasteiger partial charge in [-0.3, -0.25) is 16.3 Å². The summed E-state index contributed by atoms with van der Waals surface area (Å²) >= 11 is 1.92. The summed E-state index contributed by atoms with van der Waals surface area (Å²) < 4.78 is 0. The van der Waals surface area contributed by atoms with Crippen LogP contribution in [0.15, 0.2) is 30.6 Å². The van der Waals surface area contributed by atoms with Gasteiger partial charge in [-0.1, -0.05) is 0 Å². The van der Waals surface area contributed by atoms with Crippen molar-refractivity contribution in [2.24, 2.45) is 5.84 Å². The topological polar surface area (TPSA) is 50.9 Å². The lowest BCUT2D eigenvalue weighted by molar-refractivity contribution is 0.560. The van der Waals surface area contributed by atoms with Gasteiger partial charge in [-0.05, 0) is 55.0 Å². The maximum Gasteiger partial charge on any atom is 0.0593 e. The first-order valence-electron chi connectivity index (χ1n) is 6.33. The average molecular weight is 259 g/mol. The van der Waals surface area contributed by atoms with E-state index in [4.69, 9.17) is 5.84 Å². The van der Waals surface area contributed by atoms with Crippen LogP contribution in [0.3, 0.4) is 0 Å². The third-order valence-corrected chi connectivity index (χ3v) is 4.85. The summed E-state index contributed by atoms with van der Waals surface area (Å²) in [5, 5.41) is 0. The molecule has 0 saturated heterocycles. The number of pyridine rings is 1. The molecular weight excluding hydrogens is 242 g/mol. The molecule has 0 saturated carbocycles. The molecule has 2 aromatic heterocycles. The highest BCUT2D eigenvalue weighted by Gasteiger charge is 2.19.